The number of hydrogen-bond donors (Lipinski definition) is 3. The number of rotatable bonds is 3. The first-order valence-electron chi connectivity index (χ1n) is 3.80. The number of H-pyrrole nitrogens is 1. The highest BCUT2D eigenvalue weighted by atomic mass is 16.1. The minimum absolute atomic E-state index is 0.196. The maximum absolute atomic E-state index is 11.2. The average Bonchev–Trinajstić information content (AvgIpc) is 2.61. The fourth-order valence-electron chi connectivity index (χ4n) is 0.768. The lowest BCUT2D eigenvalue weighted by atomic mass is 10.4. The number of hydrogen-bond acceptors (Lipinski definition) is 5. The lowest BCUT2D eigenvalue weighted by Crippen LogP contribution is -2.19. The molecule has 0 aliphatic rings. The molecule has 1 heterocycles. The van der Waals surface area contributed by atoms with Crippen LogP contribution >= 0.6 is 0 Å². The molecule has 0 saturated carbocycles. The fraction of sp³-hybridized carbons (Fsp3) is 0.333. The molecule has 1 aromatic heterocycles. The number of nitrogens with zero attached hydrogens (tertiary/aromatic N) is 4. The van der Waals surface area contributed by atoms with Crippen molar-refractivity contribution in [3.05, 3.63) is 12.0 Å². The lowest BCUT2D eigenvalue weighted by molar-refractivity contribution is 0.0959. The van der Waals surface area contributed by atoms with Crippen LogP contribution in [0.25, 0.3) is 0 Å². The number of nitrogens with one attached hydrogen (secondary N) is 2. The standard InChI is InChI=1S/C6H11N7O/c1-8-6(14)4-5(10-3-9-4)11-12-13(2)7/h3H,7H2,1-2H3,(H,8,14)(H,9,10)/b12-11+. The second kappa shape index (κ2) is 4.33. The van der Waals surface area contributed by atoms with Gasteiger partial charge < -0.3 is 10.3 Å². The largest absolute Gasteiger partial charge is 0.354 e. The molecule has 0 aliphatic heterocycles. The Bertz CT molecular complexity index is 342. The van der Waals surface area contributed by atoms with E-state index in [9.17, 15) is 4.79 Å². The van der Waals surface area contributed by atoms with E-state index in [-0.39, 0.29) is 17.4 Å². The van der Waals surface area contributed by atoms with Crippen molar-refractivity contribution in [2.75, 3.05) is 14.1 Å². The SMILES string of the molecule is CNC(=O)c1[nH]cnc1/N=N/N(C)N. The van der Waals surface area contributed by atoms with Gasteiger partial charge in [0.2, 0.25) is 5.82 Å². The Labute approximate surface area is 80.2 Å². The van der Waals surface area contributed by atoms with Crippen LogP contribution in [0.5, 0.6) is 0 Å². The topological polar surface area (TPSA) is 112 Å². The van der Waals surface area contributed by atoms with Crippen LogP contribution in [0.4, 0.5) is 5.82 Å². The Kier molecular flexibility index (Phi) is 3.13. The van der Waals surface area contributed by atoms with Gasteiger partial charge in [-0.15, -0.1) is 5.11 Å². The molecule has 1 aromatic rings. The van der Waals surface area contributed by atoms with Crippen LogP contribution in [-0.2, 0) is 0 Å². The molecular formula is C6H11N7O. The first-order chi connectivity index (χ1) is 6.65. The first kappa shape index (κ1) is 10.1. The second-order valence-corrected chi connectivity index (χ2v) is 2.44. The molecule has 0 bridgehead atoms. The van der Waals surface area contributed by atoms with Crippen molar-refractivity contribution in [3.63, 3.8) is 0 Å². The minimum Gasteiger partial charge on any atom is -0.354 e. The van der Waals surface area contributed by atoms with Gasteiger partial charge in [-0.05, 0) is 0 Å². The van der Waals surface area contributed by atoms with Gasteiger partial charge >= 0.3 is 0 Å². The molecule has 8 nitrogen and oxygen atoms in total. The van der Waals surface area contributed by atoms with E-state index in [2.05, 4.69) is 25.6 Å². The van der Waals surface area contributed by atoms with E-state index in [1.807, 2.05) is 0 Å². The van der Waals surface area contributed by atoms with E-state index in [1.54, 1.807) is 0 Å². The Morgan fingerprint density at radius 3 is 3.07 bits per heavy atom. The summed E-state index contributed by atoms with van der Waals surface area (Å²) in [6.07, 6.45) is 1.36. The molecule has 1 rings (SSSR count). The summed E-state index contributed by atoms with van der Waals surface area (Å²) in [7, 11) is 3.02. The van der Waals surface area contributed by atoms with Crippen LogP contribution in [0.1, 0.15) is 10.5 Å². The predicted molar refractivity (Wildman–Crippen MR) is 48.4 cm³/mol. The smallest absolute Gasteiger partial charge is 0.271 e. The van der Waals surface area contributed by atoms with E-state index < -0.39 is 0 Å². The molecule has 76 valence electrons. The molecular weight excluding hydrogens is 186 g/mol. The second-order valence-electron chi connectivity index (χ2n) is 2.44. The van der Waals surface area contributed by atoms with Crippen LogP contribution in [0, 0.1) is 0 Å². The quantitative estimate of drug-likeness (QED) is 0.347. The van der Waals surface area contributed by atoms with E-state index in [1.165, 1.54) is 20.4 Å². The van der Waals surface area contributed by atoms with Crippen LogP contribution in [0.15, 0.2) is 16.7 Å². The Hall–Kier alpha value is -1.96. The molecule has 14 heavy (non-hydrogen) atoms. The number of amides is 1. The maximum Gasteiger partial charge on any atom is 0.271 e. The monoisotopic (exact) mass is 197 g/mol. The summed E-state index contributed by atoms with van der Waals surface area (Å²) < 4.78 is 0. The highest BCUT2D eigenvalue weighted by Crippen LogP contribution is 2.13. The Morgan fingerprint density at radius 2 is 2.50 bits per heavy atom. The third kappa shape index (κ3) is 2.26. The number of nitrogens with two attached hydrogens (primary N) is 1. The normalized spacial score (nSPS) is 10.5. The van der Waals surface area contributed by atoms with E-state index in [4.69, 9.17) is 5.84 Å². The third-order valence-electron chi connectivity index (χ3n) is 1.35. The first-order valence-corrected chi connectivity index (χ1v) is 3.80. The van der Waals surface area contributed by atoms with Gasteiger partial charge in [0.05, 0.1) is 6.33 Å². The van der Waals surface area contributed by atoms with Crippen molar-refractivity contribution < 1.29 is 4.79 Å². The van der Waals surface area contributed by atoms with Crippen molar-refractivity contribution in [1.82, 2.24) is 20.4 Å². The Balaban J connectivity index is 2.88. The van der Waals surface area contributed by atoms with Crippen LogP contribution in [0.2, 0.25) is 0 Å². The molecule has 0 spiro atoms. The molecule has 0 aliphatic carbocycles. The molecule has 0 fully saturated rings. The van der Waals surface area contributed by atoms with Gasteiger partial charge in [-0.25, -0.2) is 15.9 Å². The highest BCUT2D eigenvalue weighted by molar-refractivity contribution is 5.95. The third-order valence-corrected chi connectivity index (χ3v) is 1.35. The number of hydrazine groups is 1. The summed E-state index contributed by atoms with van der Waals surface area (Å²) in [5.41, 5.74) is 0.248. The fourth-order valence-corrected chi connectivity index (χ4v) is 0.768. The molecule has 4 N–H and O–H groups in total. The molecule has 0 aromatic carbocycles. The van der Waals surface area contributed by atoms with Crippen LogP contribution < -0.4 is 11.2 Å². The van der Waals surface area contributed by atoms with Crippen LogP contribution in [-0.4, -0.2) is 35.1 Å². The van der Waals surface area contributed by atoms with Gasteiger partial charge in [-0.1, -0.05) is 5.22 Å². The van der Waals surface area contributed by atoms with Gasteiger partial charge in [0, 0.05) is 14.1 Å². The maximum atomic E-state index is 11.2. The summed E-state index contributed by atoms with van der Waals surface area (Å²) >= 11 is 0. The lowest BCUT2D eigenvalue weighted by Gasteiger charge is -1.99. The van der Waals surface area contributed by atoms with Crippen molar-refractivity contribution in [2.24, 2.45) is 16.2 Å². The zero-order valence-corrected chi connectivity index (χ0v) is 7.85. The number of aromatic nitrogens is 2. The van der Waals surface area contributed by atoms with Gasteiger partial charge in [-0.3, -0.25) is 4.79 Å². The summed E-state index contributed by atoms with van der Waals surface area (Å²) in [6, 6.07) is 0. The van der Waals surface area contributed by atoms with Gasteiger partial charge in [-0.2, -0.15) is 0 Å². The zero-order chi connectivity index (χ0) is 10.6. The van der Waals surface area contributed by atoms with E-state index in [0.717, 1.165) is 5.12 Å². The summed E-state index contributed by atoms with van der Waals surface area (Å²) in [5.74, 6) is 5.09. The minimum atomic E-state index is -0.309. The van der Waals surface area contributed by atoms with Crippen molar-refractivity contribution in [1.29, 1.82) is 0 Å². The predicted octanol–water partition coefficient (Wildman–Crippen LogP) is -0.427. The van der Waals surface area contributed by atoms with E-state index >= 15 is 0 Å². The van der Waals surface area contributed by atoms with Crippen molar-refractivity contribution in [3.8, 4) is 0 Å². The summed E-state index contributed by atoms with van der Waals surface area (Å²) in [5, 5.41) is 10.6. The molecule has 0 atom stereocenters. The molecule has 0 saturated heterocycles. The average molecular weight is 197 g/mol. The molecule has 0 unspecified atom stereocenters. The number of carbonyl (C=O) groups is 1. The van der Waals surface area contributed by atoms with Gasteiger partial charge in [0.1, 0.15) is 0 Å². The van der Waals surface area contributed by atoms with Crippen molar-refractivity contribution >= 4 is 11.7 Å². The molecule has 0 radical (unpaired) electrons. The van der Waals surface area contributed by atoms with E-state index in [0.29, 0.717) is 0 Å². The van der Waals surface area contributed by atoms with Gasteiger partial charge in [0.25, 0.3) is 5.91 Å². The van der Waals surface area contributed by atoms with Crippen LogP contribution in [0.3, 0.4) is 0 Å². The molecule has 8 heteroatoms. The summed E-state index contributed by atoms with van der Waals surface area (Å²) in [6.45, 7) is 0. The molecule has 1 amide bonds. The number of imidazole rings is 1. The number of aromatic amines is 1. The Morgan fingerprint density at radius 1 is 1.79 bits per heavy atom. The van der Waals surface area contributed by atoms with Gasteiger partial charge in [0.15, 0.2) is 5.69 Å². The highest BCUT2D eigenvalue weighted by Gasteiger charge is 2.11. The summed E-state index contributed by atoms with van der Waals surface area (Å²) in [4.78, 5) is 17.7. The van der Waals surface area contributed by atoms with Crippen molar-refractivity contribution in [2.45, 2.75) is 0 Å². The zero-order valence-electron chi connectivity index (χ0n) is 7.85. The number of carbonyl (C=O) groups excluding carboxylic acids is 1.